The van der Waals surface area contributed by atoms with Crippen molar-refractivity contribution in [3.8, 4) is 0 Å². The fraction of sp³-hybridized carbons (Fsp3) is 0.538. The van der Waals surface area contributed by atoms with Crippen LogP contribution in [0.2, 0.25) is 0 Å². The molecule has 1 unspecified atom stereocenters. The number of hydrogen-bond acceptors (Lipinski definition) is 2. The van der Waals surface area contributed by atoms with Gasteiger partial charge in [0, 0.05) is 6.42 Å². The van der Waals surface area contributed by atoms with Crippen molar-refractivity contribution in [2.45, 2.75) is 38.6 Å². The van der Waals surface area contributed by atoms with Crippen LogP contribution in [0.3, 0.4) is 0 Å². The fourth-order valence-corrected chi connectivity index (χ4v) is 2.17. The van der Waals surface area contributed by atoms with Gasteiger partial charge in [-0.05, 0) is 24.3 Å². The standard InChI is InChI=1S/C13H18O2/c1-10-9-13(14)15-12(10)8-7-11-5-3-2-4-6-11/h2-6,10,12-14H,7-9H2,1H3/t10-,12+,13?/m1/s1. The van der Waals surface area contributed by atoms with Crippen molar-refractivity contribution in [3.63, 3.8) is 0 Å². The molecule has 0 radical (unpaired) electrons. The van der Waals surface area contributed by atoms with Crippen LogP contribution in [-0.2, 0) is 11.2 Å². The number of hydrogen-bond donors (Lipinski definition) is 1. The monoisotopic (exact) mass is 206 g/mol. The lowest BCUT2D eigenvalue weighted by Crippen LogP contribution is -2.15. The molecule has 2 heteroatoms. The Morgan fingerprint density at radius 1 is 1.33 bits per heavy atom. The number of benzene rings is 1. The number of aliphatic hydroxyl groups excluding tert-OH is 1. The summed E-state index contributed by atoms with van der Waals surface area (Å²) in [4.78, 5) is 0. The molecule has 0 amide bonds. The molecule has 0 saturated carbocycles. The summed E-state index contributed by atoms with van der Waals surface area (Å²) in [5, 5.41) is 9.34. The van der Waals surface area contributed by atoms with E-state index in [-0.39, 0.29) is 6.10 Å². The van der Waals surface area contributed by atoms with Crippen LogP contribution in [0, 0.1) is 5.92 Å². The second-order valence-corrected chi connectivity index (χ2v) is 4.37. The van der Waals surface area contributed by atoms with Gasteiger partial charge in [-0.25, -0.2) is 0 Å². The van der Waals surface area contributed by atoms with Crippen LogP contribution in [0.5, 0.6) is 0 Å². The lowest BCUT2D eigenvalue weighted by atomic mass is 9.97. The highest BCUT2D eigenvalue weighted by Crippen LogP contribution is 2.27. The van der Waals surface area contributed by atoms with Gasteiger partial charge in [0.2, 0.25) is 0 Å². The molecule has 1 N–H and O–H groups in total. The molecule has 1 saturated heterocycles. The fourth-order valence-electron chi connectivity index (χ4n) is 2.17. The van der Waals surface area contributed by atoms with Gasteiger partial charge in [0.1, 0.15) is 0 Å². The third kappa shape index (κ3) is 2.80. The van der Waals surface area contributed by atoms with Gasteiger partial charge in [0.15, 0.2) is 6.29 Å². The summed E-state index contributed by atoms with van der Waals surface area (Å²) in [6, 6.07) is 10.4. The number of rotatable bonds is 3. The van der Waals surface area contributed by atoms with Gasteiger partial charge in [-0.1, -0.05) is 37.3 Å². The van der Waals surface area contributed by atoms with Crippen molar-refractivity contribution >= 4 is 0 Å². The van der Waals surface area contributed by atoms with Crippen molar-refractivity contribution in [2.75, 3.05) is 0 Å². The average Bonchev–Trinajstić information content (AvgIpc) is 2.56. The maximum Gasteiger partial charge on any atom is 0.155 e. The van der Waals surface area contributed by atoms with Crippen LogP contribution in [0.4, 0.5) is 0 Å². The lowest BCUT2D eigenvalue weighted by Gasteiger charge is -2.14. The highest BCUT2D eigenvalue weighted by molar-refractivity contribution is 5.14. The van der Waals surface area contributed by atoms with E-state index < -0.39 is 6.29 Å². The minimum Gasteiger partial charge on any atom is -0.368 e. The predicted molar refractivity (Wildman–Crippen MR) is 59.4 cm³/mol. The summed E-state index contributed by atoms with van der Waals surface area (Å²) in [6.07, 6.45) is 2.49. The molecular formula is C13H18O2. The minimum absolute atomic E-state index is 0.222. The number of aryl methyl sites for hydroxylation is 1. The molecule has 1 aromatic carbocycles. The SMILES string of the molecule is C[C@@H]1CC(O)O[C@H]1CCc1ccccc1. The second kappa shape index (κ2) is 4.77. The Hall–Kier alpha value is -0.860. The molecule has 1 fully saturated rings. The van der Waals surface area contributed by atoms with E-state index in [2.05, 4.69) is 31.2 Å². The summed E-state index contributed by atoms with van der Waals surface area (Å²) in [5.74, 6) is 0.476. The van der Waals surface area contributed by atoms with Crippen molar-refractivity contribution in [1.82, 2.24) is 0 Å². The smallest absolute Gasteiger partial charge is 0.155 e. The Bertz CT molecular complexity index is 297. The summed E-state index contributed by atoms with van der Waals surface area (Å²) < 4.78 is 5.45. The Morgan fingerprint density at radius 2 is 2.07 bits per heavy atom. The van der Waals surface area contributed by atoms with E-state index in [4.69, 9.17) is 4.74 Å². The zero-order chi connectivity index (χ0) is 10.7. The van der Waals surface area contributed by atoms with Crippen LogP contribution < -0.4 is 0 Å². The molecule has 0 aliphatic carbocycles. The molecule has 1 aliphatic heterocycles. The summed E-state index contributed by atoms with van der Waals surface area (Å²) >= 11 is 0. The van der Waals surface area contributed by atoms with Gasteiger partial charge in [-0.15, -0.1) is 0 Å². The third-order valence-corrected chi connectivity index (χ3v) is 3.10. The molecule has 1 aliphatic rings. The largest absolute Gasteiger partial charge is 0.368 e. The molecule has 0 bridgehead atoms. The highest BCUT2D eigenvalue weighted by atomic mass is 16.6. The van der Waals surface area contributed by atoms with E-state index in [9.17, 15) is 5.11 Å². The van der Waals surface area contributed by atoms with Crippen LogP contribution in [0.1, 0.15) is 25.3 Å². The van der Waals surface area contributed by atoms with Crippen molar-refractivity contribution < 1.29 is 9.84 Å². The van der Waals surface area contributed by atoms with Crippen molar-refractivity contribution in [3.05, 3.63) is 35.9 Å². The molecule has 1 heterocycles. The first kappa shape index (κ1) is 10.7. The first-order chi connectivity index (χ1) is 7.25. The molecule has 82 valence electrons. The van der Waals surface area contributed by atoms with E-state index in [1.165, 1.54) is 5.56 Å². The average molecular weight is 206 g/mol. The summed E-state index contributed by atoms with van der Waals surface area (Å²) in [7, 11) is 0. The minimum atomic E-state index is -0.541. The zero-order valence-electron chi connectivity index (χ0n) is 9.10. The molecule has 0 aromatic heterocycles. The van der Waals surface area contributed by atoms with Gasteiger partial charge in [-0.3, -0.25) is 0 Å². The zero-order valence-corrected chi connectivity index (χ0v) is 9.10. The maximum absolute atomic E-state index is 9.34. The van der Waals surface area contributed by atoms with Gasteiger partial charge >= 0.3 is 0 Å². The van der Waals surface area contributed by atoms with Crippen LogP contribution in [-0.4, -0.2) is 17.5 Å². The molecule has 3 atom stereocenters. The van der Waals surface area contributed by atoms with Crippen LogP contribution in [0.25, 0.3) is 0 Å². The predicted octanol–water partition coefficient (Wildman–Crippen LogP) is 2.36. The first-order valence-electron chi connectivity index (χ1n) is 5.63. The Labute approximate surface area is 90.9 Å². The maximum atomic E-state index is 9.34. The van der Waals surface area contributed by atoms with Crippen molar-refractivity contribution in [1.29, 1.82) is 0 Å². The van der Waals surface area contributed by atoms with E-state index in [1.807, 2.05) is 6.07 Å². The van der Waals surface area contributed by atoms with Gasteiger partial charge in [-0.2, -0.15) is 0 Å². The van der Waals surface area contributed by atoms with Crippen molar-refractivity contribution in [2.24, 2.45) is 5.92 Å². The molecule has 2 nitrogen and oxygen atoms in total. The topological polar surface area (TPSA) is 29.5 Å². The third-order valence-electron chi connectivity index (χ3n) is 3.10. The van der Waals surface area contributed by atoms with Gasteiger partial charge in [0.25, 0.3) is 0 Å². The molecule has 1 aromatic rings. The first-order valence-corrected chi connectivity index (χ1v) is 5.63. The van der Waals surface area contributed by atoms with E-state index in [0.717, 1.165) is 19.3 Å². The molecule has 15 heavy (non-hydrogen) atoms. The second-order valence-electron chi connectivity index (χ2n) is 4.37. The quantitative estimate of drug-likeness (QED) is 0.822. The lowest BCUT2D eigenvalue weighted by molar-refractivity contribution is -0.0932. The van der Waals surface area contributed by atoms with Crippen LogP contribution >= 0.6 is 0 Å². The summed E-state index contributed by atoms with van der Waals surface area (Å²) in [5.41, 5.74) is 1.34. The van der Waals surface area contributed by atoms with Crippen LogP contribution in [0.15, 0.2) is 30.3 Å². The molecule has 2 rings (SSSR count). The Kier molecular flexibility index (Phi) is 3.39. The van der Waals surface area contributed by atoms with E-state index >= 15 is 0 Å². The number of aliphatic hydroxyl groups is 1. The Morgan fingerprint density at radius 3 is 2.67 bits per heavy atom. The highest BCUT2D eigenvalue weighted by Gasteiger charge is 2.30. The Balaban J connectivity index is 1.84. The number of ether oxygens (including phenoxy) is 1. The summed E-state index contributed by atoms with van der Waals surface area (Å²) in [6.45, 7) is 2.14. The molecule has 0 spiro atoms. The normalized spacial score (nSPS) is 30.7. The van der Waals surface area contributed by atoms with Gasteiger partial charge in [0.05, 0.1) is 6.10 Å². The van der Waals surface area contributed by atoms with E-state index in [1.54, 1.807) is 0 Å². The van der Waals surface area contributed by atoms with Gasteiger partial charge < -0.3 is 9.84 Å². The van der Waals surface area contributed by atoms with E-state index in [0.29, 0.717) is 5.92 Å². The molecular weight excluding hydrogens is 188 g/mol.